The number of fused-ring (bicyclic) bond motifs is 1. The molecule has 0 saturated heterocycles. The van der Waals surface area contributed by atoms with Crippen molar-refractivity contribution in [3.8, 4) is 5.75 Å². The Bertz CT molecular complexity index is 932. The molecule has 2 aromatic heterocycles. The van der Waals surface area contributed by atoms with Crippen LogP contribution < -0.4 is 10.3 Å². The van der Waals surface area contributed by atoms with Gasteiger partial charge in [-0.25, -0.2) is 4.98 Å². The molecule has 124 valence electrons. The van der Waals surface area contributed by atoms with Gasteiger partial charge in [-0.15, -0.1) is 11.3 Å². The third kappa shape index (κ3) is 3.30. The Hall–Kier alpha value is -2.67. The lowest BCUT2D eigenvalue weighted by Gasteiger charge is -2.18. The van der Waals surface area contributed by atoms with E-state index >= 15 is 0 Å². The second kappa shape index (κ2) is 6.84. The number of methoxy groups -OCH3 is 1. The maximum atomic E-state index is 12.4. The van der Waals surface area contributed by atoms with E-state index in [4.69, 9.17) is 4.74 Å². The van der Waals surface area contributed by atoms with E-state index in [2.05, 4.69) is 4.98 Å². The summed E-state index contributed by atoms with van der Waals surface area (Å²) in [5.74, 6) is 0.591. The first-order valence-corrected chi connectivity index (χ1v) is 8.26. The SMILES string of the molecule is COc1cccc(CN(C)C(=O)Cn2cnc3sccc3c2=O)c1. The maximum absolute atomic E-state index is 12.4. The van der Waals surface area contributed by atoms with Crippen LogP contribution >= 0.6 is 11.3 Å². The van der Waals surface area contributed by atoms with Crippen LogP contribution in [0.2, 0.25) is 0 Å². The molecule has 0 spiro atoms. The van der Waals surface area contributed by atoms with E-state index in [-0.39, 0.29) is 18.0 Å². The number of hydrogen-bond donors (Lipinski definition) is 0. The summed E-state index contributed by atoms with van der Waals surface area (Å²) in [5.41, 5.74) is 0.772. The predicted molar refractivity (Wildman–Crippen MR) is 93.3 cm³/mol. The largest absolute Gasteiger partial charge is 0.497 e. The summed E-state index contributed by atoms with van der Waals surface area (Å²) in [6.07, 6.45) is 1.43. The molecule has 0 saturated carbocycles. The summed E-state index contributed by atoms with van der Waals surface area (Å²) in [4.78, 5) is 31.2. The van der Waals surface area contributed by atoms with Crippen LogP contribution in [0.1, 0.15) is 5.56 Å². The van der Waals surface area contributed by atoms with Crippen molar-refractivity contribution in [2.24, 2.45) is 0 Å². The number of ether oxygens (including phenoxy) is 1. The normalized spacial score (nSPS) is 10.8. The van der Waals surface area contributed by atoms with Crippen LogP contribution in [0.4, 0.5) is 0 Å². The smallest absolute Gasteiger partial charge is 0.262 e. The third-order valence-electron chi connectivity index (χ3n) is 3.74. The Morgan fingerprint density at radius 1 is 1.38 bits per heavy atom. The van der Waals surface area contributed by atoms with Crippen LogP contribution in [0.3, 0.4) is 0 Å². The average molecular weight is 343 g/mol. The highest BCUT2D eigenvalue weighted by Crippen LogP contribution is 2.15. The molecule has 24 heavy (non-hydrogen) atoms. The van der Waals surface area contributed by atoms with Crippen LogP contribution in [0, 0.1) is 0 Å². The number of aromatic nitrogens is 2. The minimum atomic E-state index is -0.190. The Balaban J connectivity index is 1.73. The molecule has 0 bridgehead atoms. The number of hydrogen-bond acceptors (Lipinski definition) is 5. The van der Waals surface area contributed by atoms with E-state index in [9.17, 15) is 9.59 Å². The van der Waals surface area contributed by atoms with Crippen LogP contribution in [0.15, 0.2) is 46.8 Å². The average Bonchev–Trinajstić information content (AvgIpc) is 3.07. The van der Waals surface area contributed by atoms with E-state index in [1.54, 1.807) is 25.1 Å². The van der Waals surface area contributed by atoms with Gasteiger partial charge in [0.2, 0.25) is 5.91 Å². The predicted octanol–water partition coefficient (Wildman–Crippen LogP) is 2.13. The molecule has 0 aliphatic carbocycles. The molecular weight excluding hydrogens is 326 g/mol. The first-order valence-electron chi connectivity index (χ1n) is 7.38. The first-order chi connectivity index (χ1) is 11.6. The topological polar surface area (TPSA) is 64.4 Å². The summed E-state index contributed by atoms with van der Waals surface area (Å²) in [6, 6.07) is 9.28. The van der Waals surface area contributed by atoms with Gasteiger partial charge in [0.15, 0.2) is 0 Å². The van der Waals surface area contributed by atoms with E-state index in [0.29, 0.717) is 16.8 Å². The van der Waals surface area contributed by atoms with Crippen molar-refractivity contribution in [2.45, 2.75) is 13.1 Å². The molecular formula is C17H17N3O3S. The number of rotatable bonds is 5. The third-order valence-corrected chi connectivity index (χ3v) is 4.56. The van der Waals surface area contributed by atoms with Gasteiger partial charge in [-0.1, -0.05) is 12.1 Å². The minimum Gasteiger partial charge on any atom is -0.497 e. The van der Waals surface area contributed by atoms with Crippen molar-refractivity contribution >= 4 is 27.5 Å². The number of benzene rings is 1. The summed E-state index contributed by atoms with van der Waals surface area (Å²) in [6.45, 7) is 0.414. The molecule has 1 aromatic carbocycles. The Morgan fingerprint density at radius 2 is 2.21 bits per heavy atom. The van der Waals surface area contributed by atoms with Crippen molar-refractivity contribution in [3.05, 3.63) is 58.0 Å². The van der Waals surface area contributed by atoms with Crippen LogP contribution in [-0.2, 0) is 17.9 Å². The second-order valence-electron chi connectivity index (χ2n) is 5.42. The summed E-state index contributed by atoms with van der Waals surface area (Å²) in [7, 11) is 3.32. The lowest BCUT2D eigenvalue weighted by molar-refractivity contribution is -0.131. The van der Waals surface area contributed by atoms with Crippen LogP contribution in [0.5, 0.6) is 5.75 Å². The number of carbonyl (C=O) groups is 1. The van der Waals surface area contributed by atoms with Gasteiger partial charge in [0, 0.05) is 13.6 Å². The summed E-state index contributed by atoms with van der Waals surface area (Å²) < 4.78 is 6.53. The van der Waals surface area contributed by atoms with E-state index in [1.165, 1.54) is 22.2 Å². The number of carbonyl (C=O) groups excluding carboxylic acids is 1. The number of thiophene rings is 1. The van der Waals surface area contributed by atoms with E-state index < -0.39 is 0 Å². The quantitative estimate of drug-likeness (QED) is 0.712. The number of nitrogens with zero attached hydrogens (tertiary/aromatic N) is 3. The van der Waals surface area contributed by atoms with Crippen LogP contribution in [-0.4, -0.2) is 34.5 Å². The highest BCUT2D eigenvalue weighted by Gasteiger charge is 2.13. The summed E-state index contributed by atoms with van der Waals surface area (Å²) >= 11 is 1.41. The zero-order valence-electron chi connectivity index (χ0n) is 13.4. The molecule has 0 aliphatic heterocycles. The van der Waals surface area contributed by atoms with Gasteiger partial charge in [0.1, 0.15) is 17.1 Å². The van der Waals surface area contributed by atoms with Gasteiger partial charge in [-0.3, -0.25) is 14.2 Å². The minimum absolute atomic E-state index is 0.0297. The Kier molecular flexibility index (Phi) is 4.61. The van der Waals surface area contributed by atoms with Crippen molar-refractivity contribution in [1.82, 2.24) is 14.5 Å². The van der Waals surface area contributed by atoms with E-state index in [1.807, 2.05) is 29.6 Å². The van der Waals surface area contributed by atoms with E-state index in [0.717, 1.165) is 11.3 Å². The van der Waals surface area contributed by atoms with Crippen molar-refractivity contribution < 1.29 is 9.53 Å². The molecule has 3 aromatic rings. The molecule has 6 nitrogen and oxygen atoms in total. The fourth-order valence-corrected chi connectivity index (χ4v) is 3.13. The molecule has 0 unspecified atom stereocenters. The molecule has 0 N–H and O–H groups in total. The molecule has 7 heteroatoms. The molecule has 3 rings (SSSR count). The highest BCUT2D eigenvalue weighted by atomic mass is 32.1. The Morgan fingerprint density at radius 3 is 3.00 bits per heavy atom. The fraction of sp³-hybridized carbons (Fsp3) is 0.235. The lowest BCUT2D eigenvalue weighted by Crippen LogP contribution is -2.33. The van der Waals surface area contributed by atoms with Crippen LogP contribution in [0.25, 0.3) is 10.2 Å². The van der Waals surface area contributed by atoms with Gasteiger partial charge >= 0.3 is 0 Å². The van der Waals surface area contributed by atoms with Gasteiger partial charge in [0.05, 0.1) is 18.8 Å². The lowest BCUT2D eigenvalue weighted by atomic mass is 10.2. The highest BCUT2D eigenvalue weighted by molar-refractivity contribution is 7.16. The second-order valence-corrected chi connectivity index (χ2v) is 6.31. The molecule has 0 fully saturated rings. The zero-order chi connectivity index (χ0) is 17.1. The van der Waals surface area contributed by atoms with Crippen molar-refractivity contribution in [2.75, 3.05) is 14.2 Å². The fourth-order valence-electron chi connectivity index (χ4n) is 2.41. The van der Waals surface area contributed by atoms with Gasteiger partial charge in [0.25, 0.3) is 5.56 Å². The van der Waals surface area contributed by atoms with Crippen molar-refractivity contribution in [1.29, 1.82) is 0 Å². The molecule has 0 atom stereocenters. The first kappa shape index (κ1) is 16.2. The molecule has 1 amide bonds. The number of amides is 1. The standard InChI is InChI=1S/C17H17N3O3S/c1-19(9-12-4-3-5-13(8-12)23-2)15(21)10-20-11-18-16-14(17(20)22)6-7-24-16/h3-8,11H,9-10H2,1-2H3. The van der Waals surface area contributed by atoms with Gasteiger partial charge in [-0.2, -0.15) is 0 Å². The Labute approximate surface area is 142 Å². The number of likely N-dealkylation sites (N-methyl/N-ethyl adjacent to an activating group) is 1. The summed E-state index contributed by atoms with van der Waals surface area (Å²) in [5, 5.41) is 2.37. The molecule has 0 radical (unpaired) electrons. The monoisotopic (exact) mass is 343 g/mol. The van der Waals surface area contributed by atoms with Gasteiger partial charge in [-0.05, 0) is 29.1 Å². The maximum Gasteiger partial charge on any atom is 0.262 e. The van der Waals surface area contributed by atoms with Crippen molar-refractivity contribution in [3.63, 3.8) is 0 Å². The molecule has 0 aliphatic rings. The zero-order valence-corrected chi connectivity index (χ0v) is 14.2. The van der Waals surface area contributed by atoms with Gasteiger partial charge < -0.3 is 9.64 Å². The molecule has 2 heterocycles.